The fraction of sp³-hybridized carbons (Fsp3) is 0.118. The van der Waals surface area contributed by atoms with Crippen molar-refractivity contribution >= 4 is 45.1 Å². The molecule has 0 spiro atoms. The van der Waals surface area contributed by atoms with E-state index in [9.17, 15) is 9.90 Å². The van der Waals surface area contributed by atoms with Crippen LogP contribution < -0.4 is 9.47 Å². The molecule has 1 amide bonds. The molecule has 0 saturated heterocycles. The normalized spacial score (nSPS) is 11.1. The van der Waals surface area contributed by atoms with Crippen LogP contribution in [0.15, 0.2) is 52.7 Å². The molecule has 0 bridgehead atoms. The van der Waals surface area contributed by atoms with Crippen LogP contribution in [0.1, 0.15) is 0 Å². The fourth-order valence-electron chi connectivity index (χ4n) is 2.19. The molecule has 128 valence electrons. The second-order valence-corrected chi connectivity index (χ2v) is 6.32. The molecule has 1 aromatic heterocycles. The Morgan fingerprint density at radius 3 is 2.64 bits per heavy atom. The van der Waals surface area contributed by atoms with Crippen LogP contribution in [-0.2, 0) is 4.79 Å². The Morgan fingerprint density at radius 2 is 1.92 bits per heavy atom. The van der Waals surface area contributed by atoms with Gasteiger partial charge in [-0.15, -0.1) is 10.2 Å². The van der Waals surface area contributed by atoms with Gasteiger partial charge in [-0.2, -0.15) is 0 Å². The number of amides is 1. The third kappa shape index (κ3) is 4.08. The Balaban J connectivity index is 1.68. The van der Waals surface area contributed by atoms with Crippen molar-refractivity contribution in [2.24, 2.45) is 10.2 Å². The van der Waals surface area contributed by atoms with E-state index in [0.29, 0.717) is 22.4 Å². The summed E-state index contributed by atoms with van der Waals surface area (Å²) in [5.41, 5.74) is 0.945. The number of aromatic nitrogens is 1. The number of aromatic hydroxyl groups is 1. The van der Waals surface area contributed by atoms with E-state index in [1.165, 1.54) is 0 Å². The van der Waals surface area contributed by atoms with Crippen molar-refractivity contribution in [3.05, 3.63) is 46.0 Å². The minimum absolute atomic E-state index is 0.135. The molecule has 3 aromatic rings. The molecule has 0 saturated carbocycles. The molecule has 7 nitrogen and oxygen atoms in total. The van der Waals surface area contributed by atoms with Crippen molar-refractivity contribution < 1.29 is 19.4 Å². The van der Waals surface area contributed by atoms with Crippen molar-refractivity contribution in [3.8, 4) is 17.4 Å². The lowest BCUT2D eigenvalue weighted by molar-refractivity contribution is -0.120. The van der Waals surface area contributed by atoms with Crippen molar-refractivity contribution in [2.75, 3.05) is 13.7 Å². The summed E-state index contributed by atoms with van der Waals surface area (Å²) in [5.74, 6) is 0.525. The molecule has 2 N–H and O–H groups in total. The first-order valence-corrected chi connectivity index (χ1v) is 8.36. The molecule has 25 heavy (non-hydrogen) atoms. The zero-order chi connectivity index (χ0) is 17.8. The van der Waals surface area contributed by atoms with Crippen molar-refractivity contribution in [3.63, 3.8) is 0 Å². The molecule has 0 aliphatic rings. The Kier molecular flexibility index (Phi) is 5.17. The van der Waals surface area contributed by atoms with Gasteiger partial charge in [-0.1, -0.05) is 0 Å². The van der Waals surface area contributed by atoms with E-state index in [4.69, 9.17) is 9.47 Å². The topological polar surface area (TPSA) is 96.3 Å². The summed E-state index contributed by atoms with van der Waals surface area (Å²) in [6.07, 6.45) is 0. The summed E-state index contributed by atoms with van der Waals surface area (Å²) >= 11 is 2.16. The number of halogens is 1. The maximum absolute atomic E-state index is 11.8. The number of carbonyl (C=O) groups excluding carboxylic acids is 1. The van der Waals surface area contributed by atoms with Crippen LogP contribution in [0.5, 0.6) is 17.4 Å². The molecule has 8 heteroatoms. The Bertz CT molecular complexity index is 935. The second-order valence-electron chi connectivity index (χ2n) is 5.07. The molecule has 0 radical (unpaired) electrons. The molecule has 0 aliphatic carbocycles. The van der Waals surface area contributed by atoms with Crippen molar-refractivity contribution in [1.29, 1.82) is 0 Å². The fourth-order valence-corrected chi connectivity index (χ4v) is 2.68. The van der Waals surface area contributed by atoms with Crippen LogP contribution in [0.3, 0.4) is 0 Å². The predicted octanol–water partition coefficient (Wildman–Crippen LogP) is 4.18. The summed E-state index contributed by atoms with van der Waals surface area (Å²) in [5, 5.41) is 18.1. The van der Waals surface area contributed by atoms with E-state index < -0.39 is 5.91 Å². The van der Waals surface area contributed by atoms with Gasteiger partial charge in [0, 0.05) is 8.96 Å². The Hall–Kier alpha value is -2.62. The number of azo groups is 1. The van der Waals surface area contributed by atoms with Crippen LogP contribution in [0.25, 0.3) is 10.9 Å². The predicted molar refractivity (Wildman–Crippen MR) is 101 cm³/mol. The number of H-pyrrole nitrogens is 1. The Labute approximate surface area is 156 Å². The van der Waals surface area contributed by atoms with E-state index in [1.54, 1.807) is 31.4 Å². The van der Waals surface area contributed by atoms with Gasteiger partial charge < -0.3 is 19.6 Å². The number of nitrogens with zero attached hydrogens (tertiary/aromatic N) is 2. The monoisotopic (exact) mass is 451 g/mol. The SMILES string of the molecule is COc1ccc(OCC(=O)N=Nc2c(O)[nH]c3ccc(I)cc23)cc1. The summed E-state index contributed by atoms with van der Waals surface area (Å²) in [6, 6.07) is 12.4. The van der Waals surface area contributed by atoms with Crippen LogP contribution >= 0.6 is 22.6 Å². The average molecular weight is 451 g/mol. The van der Waals surface area contributed by atoms with E-state index >= 15 is 0 Å². The minimum Gasteiger partial charge on any atom is -0.497 e. The molecular formula is C17H14IN3O4. The van der Waals surface area contributed by atoms with Crippen LogP contribution in [0, 0.1) is 3.57 Å². The van der Waals surface area contributed by atoms with Crippen molar-refractivity contribution in [1.82, 2.24) is 4.98 Å². The lowest BCUT2D eigenvalue weighted by Gasteiger charge is -2.04. The largest absolute Gasteiger partial charge is 0.497 e. The minimum atomic E-state index is -0.560. The van der Waals surface area contributed by atoms with E-state index in [1.807, 2.05) is 18.2 Å². The van der Waals surface area contributed by atoms with Gasteiger partial charge in [0.1, 0.15) is 11.5 Å². The van der Waals surface area contributed by atoms with Crippen LogP contribution in [-0.4, -0.2) is 29.7 Å². The molecule has 3 rings (SSSR count). The van der Waals surface area contributed by atoms with Gasteiger partial charge in [0.15, 0.2) is 12.3 Å². The number of ether oxygens (including phenoxy) is 2. The number of aromatic amines is 1. The molecule has 0 aliphatic heterocycles. The number of benzene rings is 2. The standard InChI is InChI=1S/C17H14IN3O4/c1-24-11-3-5-12(6-4-11)25-9-15(22)20-21-16-13-8-10(18)2-7-14(13)19-17(16)23/h2-8,19,23H,9H2,1H3. The number of rotatable bonds is 5. The third-order valence-corrected chi connectivity index (χ3v) is 4.07. The zero-order valence-corrected chi connectivity index (χ0v) is 15.4. The highest BCUT2D eigenvalue weighted by Crippen LogP contribution is 2.36. The lowest BCUT2D eigenvalue weighted by atomic mass is 10.2. The first kappa shape index (κ1) is 17.2. The Morgan fingerprint density at radius 1 is 1.20 bits per heavy atom. The highest BCUT2D eigenvalue weighted by Gasteiger charge is 2.11. The van der Waals surface area contributed by atoms with E-state index in [-0.39, 0.29) is 18.2 Å². The molecule has 0 fully saturated rings. The number of hydrogen-bond donors (Lipinski definition) is 2. The molecule has 0 unspecified atom stereocenters. The van der Waals surface area contributed by atoms with Gasteiger partial charge in [-0.05, 0) is 65.1 Å². The lowest BCUT2D eigenvalue weighted by Crippen LogP contribution is -2.07. The molecule has 0 atom stereocenters. The second kappa shape index (κ2) is 7.51. The number of methoxy groups -OCH3 is 1. The van der Waals surface area contributed by atoms with Gasteiger partial charge in [0.2, 0.25) is 5.88 Å². The van der Waals surface area contributed by atoms with E-state index in [0.717, 1.165) is 3.57 Å². The maximum atomic E-state index is 11.8. The molecular weight excluding hydrogens is 437 g/mol. The van der Waals surface area contributed by atoms with Gasteiger partial charge in [0.25, 0.3) is 0 Å². The number of fused-ring (bicyclic) bond motifs is 1. The molecule has 2 aromatic carbocycles. The first-order chi connectivity index (χ1) is 12.1. The highest BCUT2D eigenvalue weighted by molar-refractivity contribution is 14.1. The maximum Gasteiger partial charge on any atom is 0.302 e. The number of hydrogen-bond acceptors (Lipinski definition) is 5. The van der Waals surface area contributed by atoms with Gasteiger partial charge >= 0.3 is 5.91 Å². The van der Waals surface area contributed by atoms with Crippen molar-refractivity contribution in [2.45, 2.75) is 0 Å². The highest BCUT2D eigenvalue weighted by atomic mass is 127. The van der Waals surface area contributed by atoms with Gasteiger partial charge in [0.05, 0.1) is 12.6 Å². The number of carbonyl (C=O) groups is 1. The van der Waals surface area contributed by atoms with Gasteiger partial charge in [-0.25, -0.2) is 0 Å². The van der Waals surface area contributed by atoms with Crippen LogP contribution in [0.4, 0.5) is 5.69 Å². The first-order valence-electron chi connectivity index (χ1n) is 7.28. The average Bonchev–Trinajstić information content (AvgIpc) is 2.93. The quantitative estimate of drug-likeness (QED) is 0.450. The summed E-state index contributed by atoms with van der Waals surface area (Å²) in [4.78, 5) is 14.6. The number of nitrogens with one attached hydrogen (secondary N) is 1. The summed E-state index contributed by atoms with van der Waals surface area (Å²) < 4.78 is 11.4. The van der Waals surface area contributed by atoms with Crippen LogP contribution in [0.2, 0.25) is 0 Å². The van der Waals surface area contributed by atoms with Gasteiger partial charge in [-0.3, -0.25) is 4.79 Å². The summed E-state index contributed by atoms with van der Waals surface area (Å²) in [7, 11) is 1.57. The van der Waals surface area contributed by atoms with E-state index in [2.05, 4.69) is 37.8 Å². The zero-order valence-electron chi connectivity index (χ0n) is 13.2. The molecule has 1 heterocycles. The summed E-state index contributed by atoms with van der Waals surface area (Å²) in [6.45, 7) is -0.253. The smallest absolute Gasteiger partial charge is 0.302 e. The third-order valence-electron chi connectivity index (χ3n) is 3.40.